The number of hydrogen-bond acceptors (Lipinski definition) is 3. The molecule has 0 fully saturated rings. The second-order valence-corrected chi connectivity index (χ2v) is 6.13. The lowest BCUT2D eigenvalue weighted by atomic mass is 10.1. The Morgan fingerprint density at radius 3 is 2.40 bits per heavy atom. The molecule has 0 saturated carbocycles. The third kappa shape index (κ3) is 5.02. The number of nitrogens with zero attached hydrogens (tertiary/aromatic N) is 2. The number of likely N-dealkylation sites (N-methyl/N-ethyl adjacent to an activating group) is 1. The van der Waals surface area contributed by atoms with E-state index in [9.17, 15) is 0 Å². The molecule has 0 radical (unpaired) electrons. The fourth-order valence-corrected chi connectivity index (χ4v) is 2.30. The van der Waals surface area contributed by atoms with Gasteiger partial charge in [0.15, 0.2) is 0 Å². The molecule has 0 atom stereocenters. The quantitative estimate of drug-likeness (QED) is 0.601. The minimum absolute atomic E-state index is 0.0437. The monoisotopic (exact) mass is 296 g/mol. The van der Waals surface area contributed by atoms with E-state index >= 15 is 0 Å². The number of hydrogen-bond donors (Lipinski definition) is 2. The van der Waals surface area contributed by atoms with Gasteiger partial charge in [-0.2, -0.15) is 0 Å². The first kappa shape index (κ1) is 16.8. The molecule has 0 saturated heterocycles. The molecule has 0 unspecified atom stereocenters. The number of halogens is 1. The van der Waals surface area contributed by atoms with E-state index < -0.39 is 0 Å². The molecule has 4 nitrogen and oxygen atoms in total. The number of nitrogens with one attached hydrogen (secondary N) is 1. The zero-order chi connectivity index (χ0) is 15.3. The van der Waals surface area contributed by atoms with Crippen molar-refractivity contribution in [2.24, 2.45) is 11.7 Å². The molecular weight excluding hydrogens is 272 g/mol. The highest BCUT2D eigenvalue weighted by Gasteiger charge is 2.13. The van der Waals surface area contributed by atoms with Gasteiger partial charge in [-0.25, -0.2) is 0 Å². The minimum atomic E-state index is 0.0437. The maximum Gasteiger partial charge on any atom is 0.122 e. The van der Waals surface area contributed by atoms with E-state index in [4.69, 9.17) is 22.7 Å². The van der Waals surface area contributed by atoms with Gasteiger partial charge >= 0.3 is 0 Å². The van der Waals surface area contributed by atoms with E-state index in [2.05, 4.69) is 37.7 Å². The lowest BCUT2D eigenvalue weighted by Gasteiger charge is -2.29. The third-order valence-electron chi connectivity index (χ3n) is 3.00. The number of rotatable bonds is 7. The molecule has 3 N–H and O–H groups in total. The average molecular weight is 297 g/mol. The summed E-state index contributed by atoms with van der Waals surface area (Å²) in [6.45, 7) is 7.23. The number of nitrogens with two attached hydrogens (primary N) is 1. The Hall–Kier alpha value is -1.26. The highest BCUT2D eigenvalue weighted by Crippen LogP contribution is 2.27. The standard InChI is InChI=1S/C15H25ClN4/c1-11(2)10-20(8-7-19(3)4)14-6-5-12(15(17)18)9-13(14)16/h5-6,9,11H,7-8,10H2,1-4H3,(H3,17,18). The summed E-state index contributed by atoms with van der Waals surface area (Å²) in [5.74, 6) is 0.600. The van der Waals surface area contributed by atoms with Crippen molar-refractivity contribution in [3.8, 4) is 0 Å². The van der Waals surface area contributed by atoms with Crippen LogP contribution in [0, 0.1) is 11.3 Å². The van der Waals surface area contributed by atoms with E-state index in [-0.39, 0.29) is 5.84 Å². The van der Waals surface area contributed by atoms with E-state index in [1.165, 1.54) is 0 Å². The van der Waals surface area contributed by atoms with Gasteiger partial charge in [0, 0.05) is 25.2 Å². The Morgan fingerprint density at radius 1 is 1.30 bits per heavy atom. The predicted octanol–water partition coefficient (Wildman–Crippen LogP) is 2.65. The summed E-state index contributed by atoms with van der Waals surface area (Å²) in [5, 5.41) is 8.11. The summed E-state index contributed by atoms with van der Waals surface area (Å²) in [4.78, 5) is 4.45. The molecule has 0 aromatic heterocycles. The number of benzene rings is 1. The summed E-state index contributed by atoms with van der Waals surface area (Å²) in [5.41, 5.74) is 7.16. The molecular formula is C15H25ClN4. The first-order valence-electron chi connectivity index (χ1n) is 6.85. The van der Waals surface area contributed by atoms with Crippen molar-refractivity contribution < 1.29 is 0 Å². The van der Waals surface area contributed by atoms with E-state index in [0.717, 1.165) is 25.3 Å². The van der Waals surface area contributed by atoms with Gasteiger partial charge < -0.3 is 15.5 Å². The molecule has 0 aliphatic carbocycles. The van der Waals surface area contributed by atoms with Crippen molar-refractivity contribution in [1.82, 2.24) is 4.90 Å². The van der Waals surface area contributed by atoms with Gasteiger partial charge in [0.25, 0.3) is 0 Å². The molecule has 0 spiro atoms. The molecule has 20 heavy (non-hydrogen) atoms. The Balaban J connectivity index is 2.97. The van der Waals surface area contributed by atoms with Crippen LogP contribution in [0.3, 0.4) is 0 Å². The largest absolute Gasteiger partial charge is 0.384 e. The summed E-state index contributed by atoms with van der Waals surface area (Å²) >= 11 is 6.36. The van der Waals surface area contributed by atoms with Crippen molar-refractivity contribution in [3.05, 3.63) is 28.8 Å². The van der Waals surface area contributed by atoms with E-state index in [1.807, 2.05) is 12.1 Å². The first-order chi connectivity index (χ1) is 9.31. The highest BCUT2D eigenvalue weighted by molar-refractivity contribution is 6.33. The van der Waals surface area contributed by atoms with Crippen LogP contribution in [0.4, 0.5) is 5.69 Å². The molecule has 0 amide bonds. The number of nitrogen functional groups attached to an aromatic ring is 1. The zero-order valence-corrected chi connectivity index (χ0v) is 13.5. The van der Waals surface area contributed by atoms with Crippen molar-refractivity contribution in [1.29, 1.82) is 5.41 Å². The molecule has 1 aromatic rings. The zero-order valence-electron chi connectivity index (χ0n) is 12.8. The van der Waals surface area contributed by atoms with Crippen LogP contribution in [0.2, 0.25) is 5.02 Å². The summed E-state index contributed by atoms with van der Waals surface area (Å²) in [7, 11) is 4.13. The van der Waals surface area contributed by atoms with Gasteiger partial charge in [-0.05, 0) is 38.2 Å². The molecule has 1 rings (SSSR count). The first-order valence-corrected chi connectivity index (χ1v) is 7.22. The van der Waals surface area contributed by atoms with Gasteiger partial charge in [-0.15, -0.1) is 0 Å². The third-order valence-corrected chi connectivity index (χ3v) is 3.30. The van der Waals surface area contributed by atoms with Gasteiger partial charge in [0.05, 0.1) is 10.7 Å². The molecule has 0 aliphatic rings. The van der Waals surface area contributed by atoms with E-state index in [0.29, 0.717) is 16.5 Å². The van der Waals surface area contributed by atoms with Crippen LogP contribution in [0.1, 0.15) is 19.4 Å². The summed E-state index contributed by atoms with van der Waals surface area (Å²) in [6, 6.07) is 5.58. The molecule has 0 heterocycles. The second-order valence-electron chi connectivity index (χ2n) is 5.72. The maximum absolute atomic E-state index is 7.46. The van der Waals surface area contributed by atoms with Crippen molar-refractivity contribution in [2.75, 3.05) is 38.6 Å². The summed E-state index contributed by atoms with van der Waals surface area (Å²) in [6.07, 6.45) is 0. The topological polar surface area (TPSA) is 56.4 Å². The molecule has 5 heteroatoms. The smallest absolute Gasteiger partial charge is 0.122 e. The minimum Gasteiger partial charge on any atom is -0.384 e. The summed E-state index contributed by atoms with van der Waals surface area (Å²) < 4.78 is 0. The Labute approximate surface area is 127 Å². The Kier molecular flexibility index (Phi) is 6.30. The van der Waals surface area contributed by atoms with Gasteiger partial charge in [0.2, 0.25) is 0 Å². The van der Waals surface area contributed by atoms with Gasteiger partial charge in [-0.1, -0.05) is 25.4 Å². The molecule has 0 bridgehead atoms. The van der Waals surface area contributed by atoms with Crippen LogP contribution in [0.15, 0.2) is 18.2 Å². The fourth-order valence-electron chi connectivity index (χ4n) is 2.00. The molecule has 1 aromatic carbocycles. The maximum atomic E-state index is 7.46. The van der Waals surface area contributed by atoms with Gasteiger partial charge in [-0.3, -0.25) is 5.41 Å². The second kappa shape index (κ2) is 7.50. The van der Waals surface area contributed by atoms with Crippen molar-refractivity contribution in [3.63, 3.8) is 0 Å². The van der Waals surface area contributed by atoms with Crippen molar-refractivity contribution in [2.45, 2.75) is 13.8 Å². The molecule has 112 valence electrons. The van der Waals surface area contributed by atoms with E-state index in [1.54, 1.807) is 6.07 Å². The van der Waals surface area contributed by atoms with Crippen LogP contribution in [-0.2, 0) is 0 Å². The molecule has 0 aliphatic heterocycles. The number of amidine groups is 1. The van der Waals surface area contributed by atoms with Crippen LogP contribution in [0.5, 0.6) is 0 Å². The van der Waals surface area contributed by atoms with Crippen LogP contribution in [0.25, 0.3) is 0 Å². The average Bonchev–Trinajstić information content (AvgIpc) is 2.33. The van der Waals surface area contributed by atoms with Crippen LogP contribution >= 0.6 is 11.6 Å². The normalized spacial score (nSPS) is 11.2. The Bertz CT molecular complexity index is 457. The Morgan fingerprint density at radius 2 is 1.95 bits per heavy atom. The SMILES string of the molecule is CC(C)CN(CCN(C)C)c1ccc(C(=N)N)cc1Cl. The van der Waals surface area contributed by atoms with Crippen molar-refractivity contribution >= 4 is 23.1 Å². The predicted molar refractivity (Wildman–Crippen MR) is 88.1 cm³/mol. The van der Waals surface area contributed by atoms with Crippen LogP contribution in [-0.4, -0.2) is 44.5 Å². The highest BCUT2D eigenvalue weighted by atomic mass is 35.5. The lowest BCUT2D eigenvalue weighted by molar-refractivity contribution is 0.409. The lowest BCUT2D eigenvalue weighted by Crippen LogP contribution is -2.34. The van der Waals surface area contributed by atoms with Crippen LogP contribution < -0.4 is 10.6 Å². The fraction of sp³-hybridized carbons (Fsp3) is 0.533. The van der Waals surface area contributed by atoms with Gasteiger partial charge in [0.1, 0.15) is 5.84 Å². The number of anilines is 1.